The van der Waals surface area contributed by atoms with Crippen LogP contribution in [0.15, 0.2) is 441 Å². The van der Waals surface area contributed by atoms with Crippen molar-refractivity contribution in [1.82, 2.24) is 0 Å². The van der Waals surface area contributed by atoms with Crippen molar-refractivity contribution >= 4 is 192 Å². The van der Waals surface area contributed by atoms with Crippen molar-refractivity contribution in [2.45, 2.75) is 38.5 Å². The Kier molecular flexibility index (Phi) is 17.4. The minimum absolute atomic E-state index is 0.0400. The summed E-state index contributed by atoms with van der Waals surface area (Å²) in [7, 11) is 0. The van der Waals surface area contributed by atoms with E-state index in [4.69, 9.17) is 22.1 Å². The fraction of sp³-hybridized carbons (Fsp3) is 0.0500. The minimum Gasteiger partial charge on any atom is -0.456 e. The Balaban J connectivity index is 0.000000106. The number of anilines is 9. The van der Waals surface area contributed by atoms with E-state index < -0.39 is 0 Å². The van der Waals surface area contributed by atoms with Crippen molar-refractivity contribution in [2.75, 3.05) is 14.7 Å². The fourth-order valence-electron chi connectivity index (χ4n) is 20.6. The van der Waals surface area contributed by atoms with Gasteiger partial charge in [0, 0.05) is 149 Å². The zero-order chi connectivity index (χ0) is 85.7. The molecule has 612 valence electrons. The summed E-state index contributed by atoms with van der Waals surface area (Å²) in [5.74, 6) is 0. The number of hydrogen-bond donors (Lipinski definition) is 0. The number of thiophene rings is 1. The van der Waals surface area contributed by atoms with Crippen LogP contribution < -0.4 is 14.7 Å². The number of rotatable bonds is 11. The molecule has 19 aromatic carbocycles. The highest BCUT2D eigenvalue weighted by Crippen LogP contribution is 2.55. The van der Waals surface area contributed by atoms with Gasteiger partial charge in [0.05, 0.1) is 5.39 Å². The molecule has 0 bridgehead atoms. The zero-order valence-electron chi connectivity index (χ0n) is 71.1. The lowest BCUT2D eigenvalue weighted by atomic mass is 9.82. The maximum Gasteiger partial charge on any atom is 0.147 e. The predicted molar refractivity (Wildman–Crippen MR) is 539 cm³/mol. The van der Waals surface area contributed by atoms with Crippen LogP contribution in [0.3, 0.4) is 0 Å². The second kappa shape index (κ2) is 29.7. The van der Waals surface area contributed by atoms with Gasteiger partial charge in [0.2, 0.25) is 0 Å². The van der Waals surface area contributed by atoms with Crippen LogP contribution in [0.2, 0.25) is 0 Å². The number of benzene rings is 19. The summed E-state index contributed by atoms with van der Waals surface area (Å²) in [6.07, 6.45) is 0. The molecule has 129 heavy (non-hydrogen) atoms. The van der Waals surface area contributed by atoms with Gasteiger partial charge in [-0.2, -0.15) is 0 Å². The molecular weight excluding hydrogens is 1600 g/mol. The van der Waals surface area contributed by atoms with Crippen LogP contribution in [0.25, 0.3) is 174 Å². The highest BCUT2D eigenvalue weighted by molar-refractivity contribution is 7.25. The minimum atomic E-state index is -0.0681. The Bertz CT molecular complexity index is 8600. The highest BCUT2D eigenvalue weighted by atomic mass is 32.1. The third-order valence-electron chi connectivity index (χ3n) is 26.7. The van der Waals surface area contributed by atoms with E-state index in [0.717, 1.165) is 155 Å². The number of para-hydroxylation sites is 6. The molecule has 0 spiro atoms. The van der Waals surface area contributed by atoms with Crippen LogP contribution in [0.1, 0.15) is 49.9 Å². The standard InChI is InChI=1S/C45H33NO.C42H23NO3S.C33H25NO/c1-45(2)40-24-10-9-22-37(40)38-28-39-43(29-41(38)45)47-42-25-13-23-36(44(39)42)32-16-11-14-30(26-32)31-15-12-21-35(27-31)46(33-17-5-3-6-18-33)34-19-7-4-8-20-34;1-4-10-34-27(7-1)28-16-13-24(21-37(28)45-34)43(26-15-18-31-30-8-3-6-12-39(30)47-40(31)23-26)25-14-17-29-32-19-20-36-41(42(32)46-38(29)22-25)33-9-2-5-11-35(33)44-36;1-33(2)29-16-10-9-15-25(29)27-20-28-26-18-17-24(19-31(26)35-32(28)21-30(27)33)34(22-11-5-3-6-12-22)23-13-7-4-8-14-23/h3-29H,1-2H3;1-23H;3-21H,1-2H3. The van der Waals surface area contributed by atoms with E-state index in [2.05, 4.69) is 419 Å². The van der Waals surface area contributed by atoms with Crippen molar-refractivity contribution in [3.63, 3.8) is 0 Å². The average Bonchev–Trinajstić information content (AvgIpc) is 1.57. The fourth-order valence-corrected chi connectivity index (χ4v) is 21.7. The van der Waals surface area contributed by atoms with E-state index in [1.54, 1.807) is 0 Å². The van der Waals surface area contributed by atoms with Crippen molar-refractivity contribution in [3.8, 4) is 44.5 Å². The molecule has 25 aromatic rings. The molecule has 0 fully saturated rings. The second-order valence-electron chi connectivity index (χ2n) is 34.9. The lowest BCUT2D eigenvalue weighted by Crippen LogP contribution is -2.14. The molecule has 6 heterocycles. The van der Waals surface area contributed by atoms with Crippen molar-refractivity contribution in [3.05, 3.63) is 441 Å². The Morgan fingerprint density at radius 2 is 0.550 bits per heavy atom. The quantitative estimate of drug-likeness (QED) is 0.127. The molecule has 0 saturated heterocycles. The van der Waals surface area contributed by atoms with Gasteiger partial charge in [-0.3, -0.25) is 0 Å². The Labute approximate surface area is 747 Å². The van der Waals surface area contributed by atoms with Crippen molar-refractivity contribution in [2.24, 2.45) is 0 Å². The zero-order valence-corrected chi connectivity index (χ0v) is 71.9. The highest BCUT2D eigenvalue weighted by Gasteiger charge is 2.38. The maximum absolute atomic E-state index is 6.71. The van der Waals surface area contributed by atoms with E-state index in [0.29, 0.717) is 0 Å². The van der Waals surface area contributed by atoms with Gasteiger partial charge in [0.25, 0.3) is 0 Å². The lowest BCUT2D eigenvalue weighted by molar-refractivity contribution is 0.647. The number of hydrogen-bond acceptors (Lipinski definition) is 9. The third kappa shape index (κ3) is 12.4. The molecule has 0 N–H and O–H groups in total. The van der Waals surface area contributed by atoms with Gasteiger partial charge in [0.1, 0.15) is 55.8 Å². The van der Waals surface area contributed by atoms with E-state index >= 15 is 0 Å². The second-order valence-corrected chi connectivity index (χ2v) is 36.0. The molecule has 8 nitrogen and oxygen atoms in total. The summed E-state index contributed by atoms with van der Waals surface area (Å²) < 4.78 is 34.8. The molecule has 9 heteroatoms. The smallest absolute Gasteiger partial charge is 0.147 e. The molecule has 0 amide bonds. The number of furan rings is 5. The van der Waals surface area contributed by atoms with Gasteiger partial charge in [0.15, 0.2) is 0 Å². The third-order valence-corrected chi connectivity index (χ3v) is 27.9. The number of nitrogens with zero attached hydrogens (tertiary/aromatic N) is 3. The summed E-state index contributed by atoms with van der Waals surface area (Å²) >= 11 is 1.82. The van der Waals surface area contributed by atoms with Crippen LogP contribution in [0, 0.1) is 0 Å². The van der Waals surface area contributed by atoms with Crippen molar-refractivity contribution in [1.29, 1.82) is 0 Å². The van der Waals surface area contributed by atoms with E-state index in [9.17, 15) is 0 Å². The average molecular weight is 1680 g/mol. The van der Waals surface area contributed by atoms with Gasteiger partial charge in [-0.1, -0.05) is 252 Å². The Morgan fingerprint density at radius 1 is 0.186 bits per heavy atom. The van der Waals surface area contributed by atoms with Crippen LogP contribution in [0.5, 0.6) is 0 Å². The van der Waals surface area contributed by atoms with Gasteiger partial charge in [-0.05, 0) is 243 Å². The normalized spacial score (nSPS) is 12.9. The SMILES string of the molecule is CC1(C)c2ccccc2-c2cc3c(cc21)oc1cc(N(c2ccccc2)c2ccccc2)ccc13.CC1(C)c2ccccc2-c2cc3c(cc21)oc1cccc(-c2cccc(-c4cccc(N(c5ccccc5)c5ccccc5)c4)c2)c13.c1ccc2c(c1)oc1cc(N(c3ccc4c(c3)oc3c4ccc4oc5ccccc5c43)c3ccc4c(c3)sc3ccccc34)ccc12. The largest absolute Gasteiger partial charge is 0.456 e. The van der Waals surface area contributed by atoms with Crippen molar-refractivity contribution < 1.29 is 22.1 Å². The first-order valence-corrected chi connectivity index (χ1v) is 44.9. The van der Waals surface area contributed by atoms with Gasteiger partial charge >= 0.3 is 0 Å². The Morgan fingerprint density at radius 3 is 1.16 bits per heavy atom. The van der Waals surface area contributed by atoms with Gasteiger partial charge < -0.3 is 36.8 Å². The van der Waals surface area contributed by atoms with E-state index in [1.165, 1.54) is 92.3 Å². The molecular formula is C120H81N3O5S. The molecule has 0 unspecified atom stereocenters. The summed E-state index contributed by atoms with van der Waals surface area (Å²) in [4.78, 5) is 6.88. The molecule has 0 saturated carbocycles. The summed E-state index contributed by atoms with van der Waals surface area (Å²) in [6, 6.07) is 149. The predicted octanol–water partition coefficient (Wildman–Crippen LogP) is 35.3. The van der Waals surface area contributed by atoms with Crippen LogP contribution in [-0.2, 0) is 10.8 Å². The summed E-state index contributed by atoms with van der Waals surface area (Å²) in [6.45, 7) is 9.25. The first-order valence-electron chi connectivity index (χ1n) is 44.1. The molecule has 0 radical (unpaired) electrons. The molecule has 6 aromatic heterocycles. The summed E-state index contributed by atoms with van der Waals surface area (Å²) in [5, 5.41) is 13.6. The maximum atomic E-state index is 6.71. The first kappa shape index (κ1) is 75.3. The molecule has 0 atom stereocenters. The monoisotopic (exact) mass is 1680 g/mol. The number of fused-ring (bicyclic) bond motifs is 25. The van der Waals surface area contributed by atoms with Crippen LogP contribution in [-0.4, -0.2) is 0 Å². The van der Waals surface area contributed by atoms with E-state index in [-0.39, 0.29) is 10.8 Å². The van der Waals surface area contributed by atoms with Gasteiger partial charge in [-0.15, -0.1) is 11.3 Å². The van der Waals surface area contributed by atoms with Crippen LogP contribution >= 0.6 is 11.3 Å². The molecule has 2 aliphatic rings. The topological polar surface area (TPSA) is 75.4 Å². The summed E-state index contributed by atoms with van der Waals surface area (Å²) in [5.41, 5.74) is 33.9. The Hall–Kier alpha value is -16.2. The van der Waals surface area contributed by atoms with Gasteiger partial charge in [-0.25, -0.2) is 0 Å². The molecule has 2 aliphatic carbocycles. The molecule has 0 aliphatic heterocycles. The lowest BCUT2D eigenvalue weighted by Gasteiger charge is -2.26. The molecule has 27 rings (SSSR count). The first-order chi connectivity index (χ1) is 63.4. The van der Waals surface area contributed by atoms with E-state index in [1.807, 2.05) is 53.8 Å². The van der Waals surface area contributed by atoms with Crippen LogP contribution in [0.4, 0.5) is 51.2 Å².